The van der Waals surface area contributed by atoms with Gasteiger partial charge < -0.3 is 5.73 Å². The third kappa shape index (κ3) is 1.70. The van der Waals surface area contributed by atoms with Crippen LogP contribution in [0.4, 0.5) is 0 Å². The number of nitrogens with two attached hydrogens (primary N) is 1. The third-order valence-electron chi connectivity index (χ3n) is 2.05. The van der Waals surface area contributed by atoms with Crippen LogP contribution >= 0.6 is 15.9 Å². The monoisotopic (exact) mass is 227 g/mol. The lowest BCUT2D eigenvalue weighted by molar-refractivity contribution is 0.803. The Morgan fingerprint density at radius 3 is 2.17 bits per heavy atom. The van der Waals surface area contributed by atoms with E-state index >= 15 is 0 Å². The van der Waals surface area contributed by atoms with Crippen LogP contribution in [0.1, 0.15) is 29.7 Å². The van der Waals surface area contributed by atoms with Crippen molar-refractivity contribution in [1.29, 1.82) is 0 Å². The molecule has 0 amide bonds. The second kappa shape index (κ2) is 3.58. The third-order valence-corrected chi connectivity index (χ3v) is 3.10. The lowest BCUT2D eigenvalue weighted by Crippen LogP contribution is -2.08. The largest absolute Gasteiger partial charge is 0.324 e. The van der Waals surface area contributed by atoms with Crippen LogP contribution in [-0.2, 0) is 0 Å². The average molecular weight is 228 g/mol. The van der Waals surface area contributed by atoms with E-state index in [1.54, 1.807) is 0 Å². The van der Waals surface area contributed by atoms with Crippen LogP contribution in [0, 0.1) is 13.8 Å². The topological polar surface area (TPSA) is 26.0 Å². The highest BCUT2D eigenvalue weighted by molar-refractivity contribution is 9.10. The first kappa shape index (κ1) is 9.75. The minimum Gasteiger partial charge on any atom is -0.324 e. The molecule has 0 saturated heterocycles. The van der Waals surface area contributed by atoms with E-state index in [9.17, 15) is 0 Å². The van der Waals surface area contributed by atoms with E-state index in [1.807, 2.05) is 6.92 Å². The van der Waals surface area contributed by atoms with E-state index in [0.717, 1.165) is 4.47 Å². The van der Waals surface area contributed by atoms with Crippen molar-refractivity contribution >= 4 is 15.9 Å². The fourth-order valence-electron chi connectivity index (χ4n) is 1.36. The van der Waals surface area contributed by atoms with E-state index in [0.29, 0.717) is 0 Å². The van der Waals surface area contributed by atoms with Gasteiger partial charge in [-0.15, -0.1) is 0 Å². The molecule has 0 aromatic heterocycles. The lowest BCUT2D eigenvalue weighted by Gasteiger charge is -2.13. The van der Waals surface area contributed by atoms with Crippen molar-refractivity contribution in [3.05, 3.63) is 33.3 Å². The van der Waals surface area contributed by atoms with Gasteiger partial charge >= 0.3 is 0 Å². The molecular weight excluding hydrogens is 214 g/mol. The molecule has 1 nitrogen and oxygen atoms in total. The van der Waals surface area contributed by atoms with Gasteiger partial charge in [0.25, 0.3) is 0 Å². The summed E-state index contributed by atoms with van der Waals surface area (Å²) in [5.41, 5.74) is 9.57. The Morgan fingerprint density at radius 1 is 1.25 bits per heavy atom. The zero-order chi connectivity index (χ0) is 9.30. The molecule has 0 aliphatic rings. The molecule has 0 saturated carbocycles. The summed E-state index contributed by atoms with van der Waals surface area (Å²) in [6, 6.07) is 4.31. The van der Waals surface area contributed by atoms with Crippen LogP contribution in [0.25, 0.3) is 0 Å². The van der Waals surface area contributed by atoms with Crippen molar-refractivity contribution in [3.8, 4) is 0 Å². The Labute approximate surface area is 82.1 Å². The van der Waals surface area contributed by atoms with Gasteiger partial charge in [0, 0.05) is 10.5 Å². The molecule has 1 aromatic rings. The standard InChI is InChI=1S/C10H14BrN/c1-6-4-5-7(2)10(11)9(6)8(3)12/h4-5,8H,12H2,1-3H3. The van der Waals surface area contributed by atoms with E-state index in [1.165, 1.54) is 16.7 Å². The van der Waals surface area contributed by atoms with Crippen LogP contribution < -0.4 is 5.73 Å². The molecular formula is C10H14BrN. The van der Waals surface area contributed by atoms with Gasteiger partial charge in [0.15, 0.2) is 0 Å². The fraction of sp³-hybridized carbons (Fsp3) is 0.400. The first-order chi connectivity index (χ1) is 5.54. The summed E-state index contributed by atoms with van der Waals surface area (Å²) < 4.78 is 1.15. The van der Waals surface area contributed by atoms with E-state index < -0.39 is 0 Å². The van der Waals surface area contributed by atoms with Crippen molar-refractivity contribution in [3.63, 3.8) is 0 Å². The highest BCUT2D eigenvalue weighted by Crippen LogP contribution is 2.28. The zero-order valence-corrected chi connectivity index (χ0v) is 9.27. The predicted octanol–water partition coefficient (Wildman–Crippen LogP) is 3.09. The smallest absolute Gasteiger partial charge is 0.0280 e. The minimum absolute atomic E-state index is 0.0966. The van der Waals surface area contributed by atoms with Crippen molar-refractivity contribution in [1.82, 2.24) is 0 Å². The second-order valence-electron chi connectivity index (χ2n) is 3.22. The van der Waals surface area contributed by atoms with Gasteiger partial charge in [-0.2, -0.15) is 0 Å². The van der Waals surface area contributed by atoms with Gasteiger partial charge in [-0.1, -0.05) is 28.1 Å². The molecule has 1 rings (SSSR count). The molecule has 0 radical (unpaired) electrons. The fourth-order valence-corrected chi connectivity index (χ4v) is 2.16. The number of rotatable bonds is 1. The maximum atomic E-state index is 5.85. The lowest BCUT2D eigenvalue weighted by atomic mass is 10.0. The highest BCUT2D eigenvalue weighted by atomic mass is 79.9. The number of hydrogen-bond acceptors (Lipinski definition) is 1. The number of hydrogen-bond donors (Lipinski definition) is 1. The molecule has 2 heteroatoms. The highest BCUT2D eigenvalue weighted by Gasteiger charge is 2.09. The Hall–Kier alpha value is -0.340. The zero-order valence-electron chi connectivity index (χ0n) is 7.69. The van der Waals surface area contributed by atoms with Crippen molar-refractivity contribution in [2.75, 3.05) is 0 Å². The summed E-state index contributed by atoms with van der Waals surface area (Å²) in [5.74, 6) is 0. The molecule has 1 unspecified atom stereocenters. The van der Waals surface area contributed by atoms with Gasteiger partial charge in [-0.3, -0.25) is 0 Å². The molecule has 0 spiro atoms. The molecule has 0 heterocycles. The Bertz CT molecular complexity index is 292. The van der Waals surface area contributed by atoms with E-state index in [-0.39, 0.29) is 6.04 Å². The Morgan fingerprint density at radius 2 is 1.75 bits per heavy atom. The molecule has 2 N–H and O–H groups in total. The van der Waals surface area contributed by atoms with Crippen LogP contribution in [0.3, 0.4) is 0 Å². The van der Waals surface area contributed by atoms with E-state index in [4.69, 9.17) is 5.73 Å². The van der Waals surface area contributed by atoms with Gasteiger partial charge in [0.1, 0.15) is 0 Å². The average Bonchev–Trinajstić information content (AvgIpc) is 1.97. The normalized spacial score (nSPS) is 13.1. The van der Waals surface area contributed by atoms with Crippen LogP contribution in [0.5, 0.6) is 0 Å². The minimum atomic E-state index is 0.0966. The maximum absolute atomic E-state index is 5.85. The van der Waals surface area contributed by atoms with Gasteiger partial charge in [0.05, 0.1) is 0 Å². The summed E-state index contributed by atoms with van der Waals surface area (Å²) in [6.45, 7) is 6.17. The summed E-state index contributed by atoms with van der Waals surface area (Å²) in [5, 5.41) is 0. The van der Waals surface area contributed by atoms with Gasteiger partial charge in [-0.05, 0) is 37.5 Å². The summed E-state index contributed by atoms with van der Waals surface area (Å²) in [4.78, 5) is 0. The Balaban J connectivity index is 3.33. The summed E-state index contributed by atoms with van der Waals surface area (Å²) in [6.07, 6.45) is 0. The van der Waals surface area contributed by atoms with Gasteiger partial charge in [0.2, 0.25) is 0 Å². The Kier molecular flexibility index (Phi) is 2.91. The van der Waals surface area contributed by atoms with Crippen LogP contribution in [0.15, 0.2) is 16.6 Å². The number of halogens is 1. The molecule has 0 bridgehead atoms. The first-order valence-electron chi connectivity index (χ1n) is 4.05. The molecule has 1 atom stereocenters. The molecule has 12 heavy (non-hydrogen) atoms. The quantitative estimate of drug-likeness (QED) is 0.785. The number of benzene rings is 1. The maximum Gasteiger partial charge on any atom is 0.0280 e. The molecule has 1 aromatic carbocycles. The number of aryl methyl sites for hydroxylation is 2. The van der Waals surface area contributed by atoms with Crippen molar-refractivity contribution < 1.29 is 0 Å². The summed E-state index contributed by atoms with van der Waals surface area (Å²) in [7, 11) is 0. The van der Waals surface area contributed by atoms with Gasteiger partial charge in [-0.25, -0.2) is 0 Å². The first-order valence-corrected chi connectivity index (χ1v) is 4.84. The molecule has 0 aliphatic carbocycles. The predicted molar refractivity (Wildman–Crippen MR) is 56.2 cm³/mol. The summed E-state index contributed by atoms with van der Waals surface area (Å²) >= 11 is 3.55. The second-order valence-corrected chi connectivity index (χ2v) is 4.01. The van der Waals surface area contributed by atoms with E-state index in [2.05, 4.69) is 41.9 Å². The van der Waals surface area contributed by atoms with Crippen LogP contribution in [0.2, 0.25) is 0 Å². The van der Waals surface area contributed by atoms with Crippen molar-refractivity contribution in [2.45, 2.75) is 26.8 Å². The SMILES string of the molecule is Cc1ccc(C)c(C(C)N)c1Br. The molecule has 0 aliphatic heterocycles. The molecule has 66 valence electrons. The molecule has 0 fully saturated rings. The van der Waals surface area contributed by atoms with Crippen LogP contribution in [-0.4, -0.2) is 0 Å². The van der Waals surface area contributed by atoms with Crippen molar-refractivity contribution in [2.24, 2.45) is 5.73 Å².